The van der Waals surface area contributed by atoms with E-state index in [2.05, 4.69) is 15.9 Å². The van der Waals surface area contributed by atoms with Crippen LogP contribution in [-0.4, -0.2) is 17.2 Å². The van der Waals surface area contributed by atoms with E-state index >= 15 is 0 Å². The fourth-order valence-corrected chi connectivity index (χ4v) is 1.29. The fraction of sp³-hybridized carbons (Fsp3) is 0.143. The Balaban J connectivity index is 3.02. The topological polar surface area (TPSA) is 40.5 Å². The minimum absolute atomic E-state index is 0.164. The highest BCUT2D eigenvalue weighted by molar-refractivity contribution is 9.08. The maximum atomic E-state index is 13.0. The Morgan fingerprint density at radius 2 is 2.08 bits per heavy atom. The van der Waals surface area contributed by atoms with Crippen molar-refractivity contribution in [2.24, 2.45) is 0 Å². The lowest BCUT2D eigenvalue weighted by Gasteiger charge is -2.02. The molecule has 0 amide bonds. The predicted octanol–water partition coefficient (Wildman–Crippen LogP) is 0.400. The van der Waals surface area contributed by atoms with Crippen molar-refractivity contribution in [2.75, 3.05) is 0 Å². The van der Waals surface area contributed by atoms with Gasteiger partial charge in [-0.05, 0) is 17.1 Å². The number of benzene rings is 1. The molecule has 0 bridgehead atoms. The molecule has 1 aromatic rings. The van der Waals surface area contributed by atoms with Gasteiger partial charge in [-0.1, -0.05) is 28.1 Å². The number of hydrogen-bond acceptors (Lipinski definition) is 2. The van der Waals surface area contributed by atoms with Crippen LogP contribution in [0.4, 0.5) is 4.39 Å². The largest absolute Gasteiger partial charge is 0.488 e. The van der Waals surface area contributed by atoms with E-state index in [1.165, 1.54) is 12.1 Å². The minimum atomic E-state index is -1.61. The third kappa shape index (κ3) is 2.06. The number of hydrogen-bond donors (Lipinski definition) is 2. The molecule has 0 aromatic heterocycles. The standard InChI is InChI=1S/C7H7BBrFO2/c9-4-5-1-2-6(8(11)12)3-7(5)10/h1-3,11-12H,4H2. The van der Waals surface area contributed by atoms with Crippen LogP contribution in [0.25, 0.3) is 0 Å². The Morgan fingerprint density at radius 1 is 1.42 bits per heavy atom. The van der Waals surface area contributed by atoms with Crippen molar-refractivity contribution in [3.8, 4) is 0 Å². The summed E-state index contributed by atoms with van der Waals surface area (Å²) < 4.78 is 13.0. The van der Waals surface area contributed by atoms with E-state index in [9.17, 15) is 4.39 Å². The van der Waals surface area contributed by atoms with Crippen LogP contribution in [0.1, 0.15) is 5.56 Å². The summed E-state index contributed by atoms with van der Waals surface area (Å²) in [5.41, 5.74) is 0.664. The molecule has 0 saturated heterocycles. The predicted molar refractivity (Wildman–Crippen MR) is 48.9 cm³/mol. The lowest BCUT2D eigenvalue weighted by Crippen LogP contribution is -2.30. The maximum Gasteiger partial charge on any atom is 0.488 e. The summed E-state index contributed by atoms with van der Waals surface area (Å²) in [6.07, 6.45) is 0. The van der Waals surface area contributed by atoms with E-state index in [4.69, 9.17) is 10.0 Å². The second kappa shape index (κ2) is 4.02. The summed E-state index contributed by atoms with van der Waals surface area (Å²) in [5.74, 6) is -0.433. The highest BCUT2D eigenvalue weighted by Crippen LogP contribution is 2.08. The van der Waals surface area contributed by atoms with E-state index < -0.39 is 12.9 Å². The molecule has 2 nitrogen and oxygen atoms in total. The van der Waals surface area contributed by atoms with Crippen molar-refractivity contribution in [1.82, 2.24) is 0 Å². The normalized spacial score (nSPS) is 10.0. The number of rotatable bonds is 2. The van der Waals surface area contributed by atoms with Crippen molar-refractivity contribution in [3.05, 3.63) is 29.6 Å². The molecule has 0 aliphatic rings. The van der Waals surface area contributed by atoms with Gasteiger partial charge in [-0.3, -0.25) is 0 Å². The second-order valence-corrected chi connectivity index (χ2v) is 2.92. The number of halogens is 2. The first-order valence-corrected chi connectivity index (χ1v) is 4.47. The molecule has 0 aliphatic heterocycles. The van der Waals surface area contributed by atoms with Gasteiger partial charge in [0.2, 0.25) is 0 Å². The Kier molecular flexibility index (Phi) is 3.25. The van der Waals surface area contributed by atoms with Gasteiger partial charge in [-0.2, -0.15) is 0 Å². The van der Waals surface area contributed by atoms with Crippen molar-refractivity contribution >= 4 is 28.5 Å². The van der Waals surface area contributed by atoms with Gasteiger partial charge in [0.1, 0.15) is 5.82 Å². The smallest absolute Gasteiger partial charge is 0.423 e. The first-order chi connectivity index (χ1) is 5.65. The van der Waals surface area contributed by atoms with Crippen molar-refractivity contribution in [1.29, 1.82) is 0 Å². The summed E-state index contributed by atoms with van der Waals surface area (Å²) in [4.78, 5) is 0. The third-order valence-electron chi connectivity index (χ3n) is 1.52. The van der Waals surface area contributed by atoms with E-state index in [0.717, 1.165) is 6.07 Å². The van der Waals surface area contributed by atoms with E-state index in [1.54, 1.807) is 0 Å². The zero-order valence-electron chi connectivity index (χ0n) is 6.17. The number of alkyl halides is 1. The molecule has 0 unspecified atom stereocenters. The van der Waals surface area contributed by atoms with Crippen LogP contribution < -0.4 is 5.46 Å². The van der Waals surface area contributed by atoms with Crippen molar-refractivity contribution < 1.29 is 14.4 Å². The molecule has 0 fully saturated rings. The maximum absolute atomic E-state index is 13.0. The molecule has 1 rings (SSSR count). The molecule has 0 spiro atoms. The van der Waals surface area contributed by atoms with Gasteiger partial charge in [0, 0.05) is 5.33 Å². The van der Waals surface area contributed by atoms with Crippen molar-refractivity contribution in [2.45, 2.75) is 5.33 Å². The van der Waals surface area contributed by atoms with Gasteiger partial charge in [0.15, 0.2) is 0 Å². The zero-order chi connectivity index (χ0) is 9.14. The Morgan fingerprint density at radius 3 is 2.50 bits per heavy atom. The second-order valence-electron chi connectivity index (χ2n) is 2.36. The van der Waals surface area contributed by atoms with E-state index in [-0.39, 0.29) is 5.46 Å². The Labute approximate surface area is 78.3 Å². The molecule has 0 heterocycles. The lowest BCUT2D eigenvalue weighted by molar-refractivity contribution is 0.425. The Bertz CT molecular complexity index is 280. The highest BCUT2D eigenvalue weighted by atomic mass is 79.9. The van der Waals surface area contributed by atoms with Crippen LogP contribution in [-0.2, 0) is 5.33 Å². The SMILES string of the molecule is OB(O)c1ccc(CBr)c(F)c1. The summed E-state index contributed by atoms with van der Waals surface area (Å²) in [6, 6.07) is 4.10. The molecule has 2 N–H and O–H groups in total. The van der Waals surface area contributed by atoms with Crippen LogP contribution in [0.5, 0.6) is 0 Å². The molecule has 64 valence electrons. The van der Waals surface area contributed by atoms with Gasteiger partial charge >= 0.3 is 7.12 Å². The summed E-state index contributed by atoms with van der Waals surface area (Å²) in [7, 11) is -1.61. The molecule has 0 aliphatic carbocycles. The van der Waals surface area contributed by atoms with Gasteiger partial charge < -0.3 is 10.0 Å². The first kappa shape index (κ1) is 9.70. The van der Waals surface area contributed by atoms with Gasteiger partial charge in [-0.15, -0.1) is 0 Å². The highest BCUT2D eigenvalue weighted by Gasteiger charge is 2.12. The van der Waals surface area contributed by atoms with Crippen LogP contribution >= 0.6 is 15.9 Å². The van der Waals surface area contributed by atoms with E-state index in [0.29, 0.717) is 10.9 Å². The van der Waals surface area contributed by atoms with Crippen LogP contribution in [0, 0.1) is 5.82 Å². The molecular formula is C7H7BBrFO2. The van der Waals surface area contributed by atoms with Crippen LogP contribution in [0.3, 0.4) is 0 Å². The quantitative estimate of drug-likeness (QED) is 0.573. The molecule has 0 saturated carbocycles. The third-order valence-corrected chi connectivity index (χ3v) is 2.12. The van der Waals surface area contributed by atoms with Crippen LogP contribution in [0.2, 0.25) is 0 Å². The van der Waals surface area contributed by atoms with Crippen LogP contribution in [0.15, 0.2) is 18.2 Å². The zero-order valence-corrected chi connectivity index (χ0v) is 7.75. The average Bonchev–Trinajstić information content (AvgIpc) is 2.04. The molecular weight excluding hydrogens is 226 g/mol. The molecule has 12 heavy (non-hydrogen) atoms. The lowest BCUT2D eigenvalue weighted by atomic mass is 9.80. The molecule has 0 radical (unpaired) electrons. The summed E-state index contributed by atoms with van der Waals surface area (Å²) in [5, 5.41) is 17.8. The monoisotopic (exact) mass is 232 g/mol. The molecule has 1 aromatic carbocycles. The van der Waals surface area contributed by atoms with Gasteiger partial charge in [0.25, 0.3) is 0 Å². The summed E-state index contributed by atoms with van der Waals surface area (Å²) in [6.45, 7) is 0. The van der Waals surface area contributed by atoms with Gasteiger partial charge in [-0.25, -0.2) is 4.39 Å². The fourth-order valence-electron chi connectivity index (χ4n) is 0.833. The molecule has 5 heteroatoms. The average molecular weight is 233 g/mol. The van der Waals surface area contributed by atoms with E-state index in [1.807, 2.05) is 0 Å². The molecule has 0 atom stereocenters. The summed E-state index contributed by atoms with van der Waals surface area (Å²) >= 11 is 3.10. The Hall–Kier alpha value is -0.385. The minimum Gasteiger partial charge on any atom is -0.423 e. The van der Waals surface area contributed by atoms with Crippen molar-refractivity contribution in [3.63, 3.8) is 0 Å². The first-order valence-electron chi connectivity index (χ1n) is 3.35. The van der Waals surface area contributed by atoms with Gasteiger partial charge in [0.05, 0.1) is 0 Å².